The highest BCUT2D eigenvalue weighted by atomic mass is 32.2. The van der Waals surface area contributed by atoms with Gasteiger partial charge in [-0.2, -0.15) is 0 Å². The molecule has 2 aromatic carbocycles. The van der Waals surface area contributed by atoms with Crippen molar-refractivity contribution in [3.05, 3.63) is 88.8 Å². The van der Waals surface area contributed by atoms with Crippen LogP contribution in [0, 0.1) is 11.6 Å². The number of aromatic nitrogens is 2. The minimum Gasteiger partial charge on any atom is -0.345 e. The molecule has 5 rings (SSSR count). The fourth-order valence-electron chi connectivity index (χ4n) is 4.48. The van der Waals surface area contributed by atoms with E-state index in [-0.39, 0.29) is 11.3 Å². The Hall–Kier alpha value is -3.85. The second-order valence-electron chi connectivity index (χ2n) is 8.82. The molecule has 0 saturated carbocycles. The van der Waals surface area contributed by atoms with E-state index in [0.717, 1.165) is 35.2 Å². The van der Waals surface area contributed by atoms with Gasteiger partial charge in [0.2, 0.25) is 15.8 Å². The number of hydrogen-bond acceptors (Lipinski definition) is 4. The largest absolute Gasteiger partial charge is 0.345 e. The number of aromatic amines is 1. The average Bonchev–Trinajstić information content (AvgIpc) is 3.43. The van der Waals surface area contributed by atoms with Crippen LogP contribution in [-0.2, 0) is 16.4 Å². The molecule has 1 aliphatic rings. The fraction of sp³-hybridized carbons (Fsp3) is 0.185. The van der Waals surface area contributed by atoms with Crippen molar-refractivity contribution in [2.75, 3.05) is 10.5 Å². The first-order chi connectivity index (χ1) is 17.2. The first-order valence-corrected chi connectivity index (χ1v) is 13.1. The molecule has 9 heteroatoms. The number of carbonyl (C=O) groups is 1. The van der Waals surface area contributed by atoms with E-state index in [9.17, 15) is 17.6 Å². The van der Waals surface area contributed by atoms with Crippen molar-refractivity contribution in [1.82, 2.24) is 9.97 Å². The maximum atomic E-state index is 15.2. The normalized spacial score (nSPS) is 13.1. The Morgan fingerprint density at radius 3 is 2.72 bits per heavy atom. The third kappa shape index (κ3) is 4.19. The Bertz CT molecular complexity index is 1670. The van der Waals surface area contributed by atoms with Gasteiger partial charge in [0.1, 0.15) is 11.5 Å². The van der Waals surface area contributed by atoms with Gasteiger partial charge in [-0.15, -0.1) is 0 Å². The lowest BCUT2D eigenvalue weighted by Gasteiger charge is -2.11. The van der Waals surface area contributed by atoms with Crippen molar-refractivity contribution < 1.29 is 22.0 Å². The third-order valence-electron chi connectivity index (χ3n) is 6.33. The summed E-state index contributed by atoms with van der Waals surface area (Å²) in [4.78, 5) is 20.6. The van der Waals surface area contributed by atoms with Crippen LogP contribution in [0.1, 0.15) is 47.3 Å². The number of nitrogens with one attached hydrogen (secondary N) is 2. The molecule has 2 N–H and O–H groups in total. The molecule has 0 fully saturated rings. The van der Waals surface area contributed by atoms with Crippen molar-refractivity contribution >= 4 is 38.1 Å². The first kappa shape index (κ1) is 23.9. The van der Waals surface area contributed by atoms with Gasteiger partial charge in [-0.1, -0.05) is 25.1 Å². The summed E-state index contributed by atoms with van der Waals surface area (Å²) in [5.74, 6) is -3.50. The topological polar surface area (TPSA) is 91.9 Å². The Kier molecular flexibility index (Phi) is 5.96. The van der Waals surface area contributed by atoms with E-state index in [1.807, 2.05) is 6.07 Å². The van der Waals surface area contributed by atoms with Crippen LogP contribution in [0.15, 0.2) is 54.9 Å². The molecule has 1 aliphatic carbocycles. The predicted molar refractivity (Wildman–Crippen MR) is 136 cm³/mol. The van der Waals surface area contributed by atoms with Crippen LogP contribution in [0.25, 0.3) is 27.7 Å². The van der Waals surface area contributed by atoms with Crippen LogP contribution in [0.5, 0.6) is 0 Å². The highest BCUT2D eigenvalue weighted by Crippen LogP contribution is 2.33. The average molecular weight is 508 g/mol. The van der Waals surface area contributed by atoms with Gasteiger partial charge < -0.3 is 4.98 Å². The van der Waals surface area contributed by atoms with Gasteiger partial charge in [-0.3, -0.25) is 9.52 Å². The third-order valence-corrected chi connectivity index (χ3v) is 7.81. The predicted octanol–water partition coefficient (Wildman–Crippen LogP) is 5.85. The number of allylic oxidation sites excluding steroid dienone is 2. The van der Waals surface area contributed by atoms with E-state index in [2.05, 4.69) is 39.8 Å². The van der Waals surface area contributed by atoms with Crippen molar-refractivity contribution in [1.29, 1.82) is 0 Å². The molecule has 2 heterocycles. The number of rotatable bonds is 7. The van der Waals surface area contributed by atoms with E-state index in [1.165, 1.54) is 17.3 Å². The van der Waals surface area contributed by atoms with Crippen molar-refractivity contribution in [2.24, 2.45) is 0 Å². The van der Waals surface area contributed by atoms with Crippen LogP contribution in [0.2, 0.25) is 0 Å². The highest BCUT2D eigenvalue weighted by molar-refractivity contribution is 7.92. The number of pyridine rings is 1. The van der Waals surface area contributed by atoms with Crippen molar-refractivity contribution in [2.45, 2.75) is 26.7 Å². The van der Waals surface area contributed by atoms with Gasteiger partial charge in [0.15, 0.2) is 5.82 Å². The maximum absolute atomic E-state index is 15.2. The molecule has 2 aromatic heterocycles. The number of fused-ring (bicyclic) bond motifs is 2. The first-order valence-electron chi connectivity index (χ1n) is 11.5. The summed E-state index contributed by atoms with van der Waals surface area (Å²) in [6.07, 6.45) is 6.40. The molecule has 184 valence electrons. The molecule has 0 amide bonds. The highest BCUT2D eigenvalue weighted by Gasteiger charge is 2.26. The van der Waals surface area contributed by atoms with Crippen LogP contribution in [0.3, 0.4) is 0 Å². The Morgan fingerprint density at radius 2 is 1.94 bits per heavy atom. The number of nitrogens with zero attached hydrogens (tertiary/aromatic N) is 1. The summed E-state index contributed by atoms with van der Waals surface area (Å²) in [5, 5.41) is 0.404. The molecule has 0 spiro atoms. The zero-order chi connectivity index (χ0) is 25.6. The van der Waals surface area contributed by atoms with E-state index in [1.54, 1.807) is 19.2 Å². The maximum Gasteiger partial charge on any atom is 0.232 e. The van der Waals surface area contributed by atoms with Crippen molar-refractivity contribution in [3.63, 3.8) is 0 Å². The van der Waals surface area contributed by atoms with Gasteiger partial charge >= 0.3 is 0 Å². The van der Waals surface area contributed by atoms with Gasteiger partial charge in [0, 0.05) is 28.9 Å². The molecule has 0 saturated heterocycles. The summed E-state index contributed by atoms with van der Waals surface area (Å²) < 4.78 is 56.3. The van der Waals surface area contributed by atoms with E-state index >= 15 is 4.39 Å². The molecule has 0 unspecified atom stereocenters. The molecule has 4 aromatic rings. The van der Waals surface area contributed by atoms with Gasteiger partial charge in [0.25, 0.3) is 0 Å². The van der Waals surface area contributed by atoms with Gasteiger partial charge in [-0.05, 0) is 66.3 Å². The lowest BCUT2D eigenvalue weighted by Crippen LogP contribution is -2.18. The zero-order valence-corrected chi connectivity index (χ0v) is 20.5. The molecule has 0 atom stereocenters. The molecule has 0 radical (unpaired) electrons. The Morgan fingerprint density at radius 1 is 1.14 bits per heavy atom. The van der Waals surface area contributed by atoms with Crippen molar-refractivity contribution in [3.8, 4) is 11.1 Å². The van der Waals surface area contributed by atoms with E-state index in [0.29, 0.717) is 17.5 Å². The number of halogens is 2. The number of ketones is 1. The number of hydrogen-bond donors (Lipinski definition) is 2. The molecule has 6 nitrogen and oxygen atoms in total. The monoisotopic (exact) mass is 507 g/mol. The lowest BCUT2D eigenvalue weighted by molar-refractivity contribution is 0.103. The summed E-state index contributed by atoms with van der Waals surface area (Å²) in [6, 6.07) is 9.70. The number of sulfonamides is 1. The zero-order valence-electron chi connectivity index (χ0n) is 19.7. The van der Waals surface area contributed by atoms with Crippen LogP contribution in [-0.4, -0.2) is 29.9 Å². The van der Waals surface area contributed by atoms with Crippen LogP contribution in [0.4, 0.5) is 14.5 Å². The minimum absolute atomic E-state index is 0.0305. The number of H-pyrrole nitrogens is 1. The summed E-state index contributed by atoms with van der Waals surface area (Å²) in [7, 11) is -3.84. The molecular formula is C27H23F2N3O3S. The SMILES string of the molecule is CCCS(=O)(=O)Nc1ccc(F)c(C(=O)c2c[nH]c3ncc(-c4ccc5c(c4)C(C)=CC5)cc23)c1F. The lowest BCUT2D eigenvalue weighted by atomic mass is 9.97. The van der Waals surface area contributed by atoms with Gasteiger partial charge in [-0.25, -0.2) is 22.2 Å². The minimum atomic E-state index is -3.84. The summed E-state index contributed by atoms with van der Waals surface area (Å²) in [6.45, 7) is 3.72. The smallest absolute Gasteiger partial charge is 0.232 e. The van der Waals surface area contributed by atoms with Crippen LogP contribution < -0.4 is 4.72 Å². The number of anilines is 1. The Labute approximate surface area is 207 Å². The Balaban J connectivity index is 1.56. The number of benzene rings is 2. The molecular weight excluding hydrogens is 484 g/mol. The molecule has 0 aliphatic heterocycles. The number of carbonyl (C=O) groups excluding carboxylic acids is 1. The fourth-order valence-corrected chi connectivity index (χ4v) is 5.62. The quantitative estimate of drug-likeness (QED) is 0.307. The van der Waals surface area contributed by atoms with E-state index in [4.69, 9.17) is 0 Å². The summed E-state index contributed by atoms with van der Waals surface area (Å²) >= 11 is 0. The molecule has 0 bridgehead atoms. The second kappa shape index (κ2) is 8.98. The van der Waals surface area contributed by atoms with E-state index < -0.39 is 38.7 Å². The molecule has 36 heavy (non-hydrogen) atoms. The summed E-state index contributed by atoms with van der Waals surface area (Å²) in [5.41, 5.74) is 4.35. The van der Waals surface area contributed by atoms with Gasteiger partial charge in [0.05, 0.1) is 17.0 Å². The van der Waals surface area contributed by atoms with Crippen LogP contribution >= 0.6 is 0 Å². The standard InChI is InChI=1S/C27H23F2N3O3S/c1-3-10-36(34,35)32-23-9-8-22(28)24(25(23)29)26(33)21-14-31-27-20(21)12-18(13-30-27)17-7-6-16-5-4-15(2)19(16)11-17/h4,6-9,11-14,32H,3,5,10H2,1-2H3,(H,30,31). The second-order valence-corrected chi connectivity index (χ2v) is 10.7.